The molecule has 1 aliphatic rings. The van der Waals surface area contributed by atoms with Crippen molar-refractivity contribution in [3.05, 3.63) is 59.2 Å². The highest BCUT2D eigenvalue weighted by atomic mass is 19.4. The number of carbonyl (C=O) groups excluding carboxylic acids is 2. The number of hydrogen-bond donors (Lipinski definition) is 3. The minimum absolute atomic E-state index is 0.0744. The molecule has 0 spiro atoms. The number of benzene rings is 2. The van der Waals surface area contributed by atoms with Gasteiger partial charge in [-0.1, -0.05) is 19.1 Å². The maximum atomic E-state index is 14.2. The number of aliphatic hydroxyl groups excluding tert-OH is 1. The van der Waals surface area contributed by atoms with Gasteiger partial charge in [0, 0.05) is 43.9 Å². The topological polar surface area (TPSA) is 103 Å². The van der Waals surface area contributed by atoms with Gasteiger partial charge in [0.05, 0.1) is 36.0 Å². The number of carbonyl (C=O) groups is 2. The Kier molecular flexibility index (Phi) is 13.7. The van der Waals surface area contributed by atoms with Gasteiger partial charge in [0.2, 0.25) is 0 Å². The van der Waals surface area contributed by atoms with Crippen LogP contribution in [-0.2, 0) is 17.5 Å². The Labute approximate surface area is 270 Å². The molecule has 9 nitrogen and oxygen atoms in total. The van der Waals surface area contributed by atoms with E-state index in [1.165, 1.54) is 12.1 Å². The van der Waals surface area contributed by atoms with Gasteiger partial charge in [0.15, 0.2) is 0 Å². The summed E-state index contributed by atoms with van der Waals surface area (Å²) in [6.45, 7) is 10.8. The van der Waals surface area contributed by atoms with Crippen molar-refractivity contribution in [3.8, 4) is 5.75 Å². The number of amides is 3. The van der Waals surface area contributed by atoms with E-state index in [0.717, 1.165) is 37.0 Å². The summed E-state index contributed by atoms with van der Waals surface area (Å²) in [5.74, 6) is -0.119. The second-order valence-electron chi connectivity index (χ2n) is 12.7. The summed E-state index contributed by atoms with van der Waals surface area (Å²) in [6.07, 6.45) is -2.50. The fourth-order valence-corrected chi connectivity index (χ4v) is 5.37. The summed E-state index contributed by atoms with van der Waals surface area (Å²) in [7, 11) is 1.89. The number of nitrogens with one attached hydrogen (secondary N) is 2. The van der Waals surface area contributed by atoms with E-state index in [-0.39, 0.29) is 48.8 Å². The van der Waals surface area contributed by atoms with Crippen molar-refractivity contribution in [1.29, 1.82) is 0 Å². The third kappa shape index (κ3) is 11.2. The SMILES string of the molecule is CC(C)NC(=O)Nc1ccc2c(c1)C(=O)N([C@@H](C)CO)C[C@@H](C)[C@H](CN(C)Cc1ccc(C(F)(F)F)cc1)OCCCC[C@H](C)O2. The largest absolute Gasteiger partial charge is 0.490 e. The fourth-order valence-electron chi connectivity index (χ4n) is 5.37. The summed E-state index contributed by atoms with van der Waals surface area (Å²) in [5, 5.41) is 15.7. The molecule has 4 atom stereocenters. The molecule has 3 rings (SSSR count). The molecule has 256 valence electrons. The molecule has 1 aliphatic heterocycles. The van der Waals surface area contributed by atoms with Gasteiger partial charge in [0.1, 0.15) is 5.75 Å². The summed E-state index contributed by atoms with van der Waals surface area (Å²) >= 11 is 0. The van der Waals surface area contributed by atoms with Crippen LogP contribution >= 0.6 is 0 Å². The first-order valence-corrected chi connectivity index (χ1v) is 15.9. The Bertz CT molecular complexity index is 1270. The third-order valence-electron chi connectivity index (χ3n) is 7.95. The average molecular weight is 651 g/mol. The maximum absolute atomic E-state index is 14.2. The lowest BCUT2D eigenvalue weighted by Gasteiger charge is -2.36. The van der Waals surface area contributed by atoms with E-state index in [9.17, 15) is 27.9 Å². The van der Waals surface area contributed by atoms with Gasteiger partial charge in [0.25, 0.3) is 5.91 Å². The van der Waals surface area contributed by atoms with E-state index >= 15 is 0 Å². The first kappa shape index (κ1) is 37.1. The van der Waals surface area contributed by atoms with Crippen LogP contribution in [-0.4, -0.2) is 84.5 Å². The van der Waals surface area contributed by atoms with Crippen LogP contribution in [0.5, 0.6) is 5.75 Å². The molecule has 0 fully saturated rings. The van der Waals surface area contributed by atoms with Crippen LogP contribution < -0.4 is 15.4 Å². The van der Waals surface area contributed by atoms with Crippen LogP contribution in [0.1, 0.15) is 75.4 Å². The number of hydrogen-bond acceptors (Lipinski definition) is 6. The maximum Gasteiger partial charge on any atom is 0.416 e. The van der Waals surface area contributed by atoms with Gasteiger partial charge in [-0.3, -0.25) is 9.69 Å². The first-order chi connectivity index (χ1) is 21.7. The highest BCUT2D eigenvalue weighted by Crippen LogP contribution is 2.30. The standard InChI is InChI=1S/C34H49F3N4O5/c1-22(2)38-33(44)39-28-14-15-30-29(17-28)32(43)41(24(4)21-42)18-23(3)31(45-16-8-7-9-25(5)46-30)20-40(6)19-26-10-12-27(13-11-26)34(35,36)37/h10-15,17,22-25,31,42H,7-9,16,18-21H2,1-6H3,(H2,38,39,44)/t23-,24+,25+,31+/m1/s1. The summed E-state index contributed by atoms with van der Waals surface area (Å²) < 4.78 is 51.7. The minimum atomic E-state index is -4.39. The Morgan fingerprint density at radius 2 is 1.80 bits per heavy atom. The summed E-state index contributed by atoms with van der Waals surface area (Å²) in [6, 6.07) is 9.13. The van der Waals surface area contributed by atoms with E-state index in [0.29, 0.717) is 31.1 Å². The van der Waals surface area contributed by atoms with Crippen LogP contribution in [0.4, 0.5) is 23.7 Å². The lowest BCUT2D eigenvalue weighted by Crippen LogP contribution is -2.47. The smallest absolute Gasteiger partial charge is 0.416 e. The average Bonchev–Trinajstić information content (AvgIpc) is 2.98. The molecular formula is C34H49F3N4O5. The number of rotatable bonds is 8. The van der Waals surface area contributed by atoms with Crippen molar-refractivity contribution in [2.75, 3.05) is 38.7 Å². The predicted octanol–water partition coefficient (Wildman–Crippen LogP) is 6.16. The zero-order valence-electron chi connectivity index (χ0n) is 27.7. The van der Waals surface area contributed by atoms with Crippen molar-refractivity contribution >= 4 is 17.6 Å². The number of urea groups is 1. The number of alkyl halides is 3. The molecular weight excluding hydrogens is 601 g/mol. The Balaban J connectivity index is 1.87. The van der Waals surface area contributed by atoms with Gasteiger partial charge < -0.3 is 30.1 Å². The molecule has 3 N–H and O–H groups in total. The Hall–Kier alpha value is -3.35. The zero-order valence-corrected chi connectivity index (χ0v) is 27.7. The number of likely N-dealkylation sites (N-methyl/N-ethyl adjacent to an activating group) is 1. The Morgan fingerprint density at radius 1 is 1.11 bits per heavy atom. The number of fused-ring (bicyclic) bond motifs is 1. The number of anilines is 1. The molecule has 2 aromatic carbocycles. The van der Waals surface area contributed by atoms with Crippen molar-refractivity contribution in [2.45, 2.75) is 90.9 Å². The van der Waals surface area contributed by atoms with Crippen molar-refractivity contribution < 1.29 is 37.3 Å². The van der Waals surface area contributed by atoms with E-state index in [2.05, 4.69) is 10.6 Å². The number of ether oxygens (including phenoxy) is 2. The normalized spacial score (nSPS) is 20.9. The molecule has 0 unspecified atom stereocenters. The van der Waals surface area contributed by atoms with Gasteiger partial charge in [-0.25, -0.2) is 4.79 Å². The first-order valence-electron chi connectivity index (χ1n) is 15.9. The van der Waals surface area contributed by atoms with E-state index in [1.54, 1.807) is 30.0 Å². The number of halogens is 3. The minimum Gasteiger partial charge on any atom is -0.490 e. The van der Waals surface area contributed by atoms with E-state index in [1.807, 2.05) is 39.6 Å². The molecule has 1 heterocycles. The highest BCUT2D eigenvalue weighted by Gasteiger charge is 2.31. The molecule has 3 amide bonds. The monoisotopic (exact) mass is 650 g/mol. The van der Waals surface area contributed by atoms with Crippen molar-refractivity contribution in [2.24, 2.45) is 5.92 Å². The molecule has 0 aliphatic carbocycles. The molecule has 0 saturated carbocycles. The zero-order chi connectivity index (χ0) is 34.0. The van der Waals surface area contributed by atoms with Crippen LogP contribution in [0, 0.1) is 5.92 Å². The van der Waals surface area contributed by atoms with Gasteiger partial charge in [-0.15, -0.1) is 0 Å². The summed E-state index contributed by atoms with van der Waals surface area (Å²) in [4.78, 5) is 30.2. The van der Waals surface area contributed by atoms with E-state index < -0.39 is 23.8 Å². The quantitative estimate of drug-likeness (QED) is 0.316. The van der Waals surface area contributed by atoms with Crippen LogP contribution in [0.15, 0.2) is 42.5 Å². The van der Waals surface area contributed by atoms with Crippen molar-refractivity contribution in [3.63, 3.8) is 0 Å². The lowest BCUT2D eigenvalue weighted by molar-refractivity contribution is -0.137. The fraction of sp³-hybridized carbons (Fsp3) is 0.588. The molecule has 12 heteroatoms. The third-order valence-corrected chi connectivity index (χ3v) is 7.95. The molecule has 0 aromatic heterocycles. The second-order valence-corrected chi connectivity index (χ2v) is 12.7. The molecule has 46 heavy (non-hydrogen) atoms. The van der Waals surface area contributed by atoms with Crippen LogP contribution in [0.3, 0.4) is 0 Å². The van der Waals surface area contributed by atoms with Crippen LogP contribution in [0.2, 0.25) is 0 Å². The predicted molar refractivity (Wildman–Crippen MR) is 172 cm³/mol. The molecule has 0 radical (unpaired) electrons. The van der Waals surface area contributed by atoms with E-state index in [4.69, 9.17) is 9.47 Å². The molecule has 2 aromatic rings. The van der Waals surface area contributed by atoms with Gasteiger partial charge in [-0.05, 0) is 89.9 Å². The van der Waals surface area contributed by atoms with Crippen molar-refractivity contribution in [1.82, 2.24) is 15.1 Å². The highest BCUT2D eigenvalue weighted by molar-refractivity contribution is 5.99. The molecule has 0 bridgehead atoms. The summed E-state index contributed by atoms with van der Waals surface area (Å²) in [5.41, 5.74) is 0.758. The Morgan fingerprint density at radius 3 is 2.43 bits per heavy atom. The van der Waals surface area contributed by atoms with Gasteiger partial charge in [-0.2, -0.15) is 13.2 Å². The number of nitrogens with zero attached hydrogens (tertiary/aromatic N) is 2. The van der Waals surface area contributed by atoms with Crippen LogP contribution in [0.25, 0.3) is 0 Å². The molecule has 0 saturated heterocycles. The lowest BCUT2D eigenvalue weighted by atomic mass is 10.0. The number of aliphatic hydroxyl groups is 1. The second kappa shape index (κ2) is 17.0. The van der Waals surface area contributed by atoms with Gasteiger partial charge >= 0.3 is 12.2 Å².